The molecule has 20 heavy (non-hydrogen) atoms. The maximum atomic E-state index is 12.2. The molecule has 1 aromatic carbocycles. The zero-order chi connectivity index (χ0) is 14.4. The molecule has 1 aliphatic rings. The molecule has 0 aromatic heterocycles. The Bertz CT molecular complexity index is 494. The number of methoxy groups -OCH3 is 1. The smallest absolute Gasteiger partial charge is 0.324 e. The average Bonchev–Trinajstić information content (AvgIpc) is 2.53. The fraction of sp³-hybridized carbons (Fsp3) is 0.312. The maximum Gasteiger partial charge on any atom is 0.324 e. The van der Waals surface area contributed by atoms with Crippen molar-refractivity contribution in [3.05, 3.63) is 60.4 Å². The second-order valence-electron chi connectivity index (χ2n) is 4.74. The van der Waals surface area contributed by atoms with E-state index in [0.29, 0.717) is 6.54 Å². The molecule has 0 unspecified atom stereocenters. The van der Waals surface area contributed by atoms with Crippen LogP contribution in [0.2, 0.25) is 0 Å². The van der Waals surface area contributed by atoms with Crippen LogP contribution in [-0.4, -0.2) is 31.1 Å². The topological polar surface area (TPSA) is 55.6 Å². The number of benzene rings is 1. The van der Waals surface area contributed by atoms with E-state index in [0.717, 1.165) is 18.5 Å². The highest BCUT2D eigenvalue weighted by Gasteiger charge is 2.38. The van der Waals surface area contributed by atoms with Gasteiger partial charge in [-0.25, -0.2) is 0 Å². The van der Waals surface area contributed by atoms with Gasteiger partial charge in [-0.1, -0.05) is 30.3 Å². The Balaban J connectivity index is 2.29. The number of carbonyl (C=O) groups is 1. The Morgan fingerprint density at radius 1 is 1.25 bits per heavy atom. The highest BCUT2D eigenvalue weighted by Crippen LogP contribution is 2.32. The molecule has 0 fully saturated rings. The van der Waals surface area contributed by atoms with Crippen LogP contribution >= 0.6 is 0 Å². The van der Waals surface area contributed by atoms with Gasteiger partial charge in [0.2, 0.25) is 0 Å². The van der Waals surface area contributed by atoms with E-state index >= 15 is 0 Å². The summed E-state index contributed by atoms with van der Waals surface area (Å²) in [5.41, 5.74) is 5.57. The van der Waals surface area contributed by atoms with E-state index in [1.54, 1.807) is 0 Å². The normalized spacial score (nSPS) is 16.2. The molecule has 1 aliphatic heterocycles. The maximum absolute atomic E-state index is 12.2. The number of hydrogen-bond donors (Lipinski definition) is 1. The monoisotopic (exact) mass is 272 g/mol. The number of nitrogens with two attached hydrogens (primary N) is 1. The molecule has 106 valence electrons. The summed E-state index contributed by atoms with van der Waals surface area (Å²) in [6.07, 6.45) is 8.50. The van der Waals surface area contributed by atoms with E-state index in [9.17, 15) is 4.79 Å². The molecule has 0 spiro atoms. The van der Waals surface area contributed by atoms with Gasteiger partial charge in [0.05, 0.1) is 7.11 Å². The first-order chi connectivity index (χ1) is 9.73. The fourth-order valence-corrected chi connectivity index (χ4v) is 2.28. The second kappa shape index (κ2) is 6.39. The van der Waals surface area contributed by atoms with Crippen LogP contribution in [0.1, 0.15) is 12.0 Å². The van der Waals surface area contributed by atoms with Crippen molar-refractivity contribution in [2.75, 3.05) is 20.2 Å². The molecular formula is C16H20N2O2. The van der Waals surface area contributed by atoms with Crippen LogP contribution in [0.3, 0.4) is 0 Å². The van der Waals surface area contributed by atoms with Gasteiger partial charge in [-0.15, -0.1) is 0 Å². The Morgan fingerprint density at radius 3 is 2.45 bits per heavy atom. The summed E-state index contributed by atoms with van der Waals surface area (Å²) >= 11 is 0. The van der Waals surface area contributed by atoms with E-state index in [-0.39, 0.29) is 5.97 Å². The molecule has 4 nitrogen and oxygen atoms in total. The predicted molar refractivity (Wildman–Crippen MR) is 78.8 cm³/mol. The summed E-state index contributed by atoms with van der Waals surface area (Å²) in [6.45, 7) is 1.49. The lowest BCUT2D eigenvalue weighted by Crippen LogP contribution is -2.36. The van der Waals surface area contributed by atoms with Crippen molar-refractivity contribution in [1.29, 1.82) is 0 Å². The first kappa shape index (κ1) is 14.3. The highest BCUT2D eigenvalue weighted by molar-refractivity contribution is 5.88. The SMILES string of the molecule is COC(=O)C1(c2ccccc2)C=CN(CCCN)C=C1. The zero-order valence-electron chi connectivity index (χ0n) is 11.7. The predicted octanol–water partition coefficient (Wildman–Crippen LogP) is 1.79. The minimum atomic E-state index is -0.838. The Morgan fingerprint density at radius 2 is 1.90 bits per heavy atom. The van der Waals surface area contributed by atoms with Crippen molar-refractivity contribution >= 4 is 5.97 Å². The molecule has 1 aromatic rings. The number of carbonyl (C=O) groups excluding carboxylic acids is 1. The second-order valence-corrected chi connectivity index (χ2v) is 4.74. The number of ether oxygens (including phenoxy) is 1. The van der Waals surface area contributed by atoms with Crippen LogP contribution in [0.4, 0.5) is 0 Å². The molecular weight excluding hydrogens is 252 g/mol. The van der Waals surface area contributed by atoms with Crippen molar-refractivity contribution in [2.24, 2.45) is 5.73 Å². The zero-order valence-corrected chi connectivity index (χ0v) is 11.7. The van der Waals surface area contributed by atoms with Gasteiger partial charge in [0.1, 0.15) is 5.41 Å². The molecule has 0 amide bonds. The van der Waals surface area contributed by atoms with Crippen molar-refractivity contribution < 1.29 is 9.53 Å². The van der Waals surface area contributed by atoms with Crippen LogP contribution < -0.4 is 5.73 Å². The highest BCUT2D eigenvalue weighted by atomic mass is 16.5. The van der Waals surface area contributed by atoms with E-state index < -0.39 is 5.41 Å². The summed E-state index contributed by atoms with van der Waals surface area (Å²) in [5.74, 6) is -0.283. The van der Waals surface area contributed by atoms with Crippen LogP contribution in [-0.2, 0) is 14.9 Å². The Kier molecular flexibility index (Phi) is 4.58. The quantitative estimate of drug-likeness (QED) is 0.830. The molecule has 0 saturated carbocycles. The van der Waals surface area contributed by atoms with Crippen molar-refractivity contribution in [3.63, 3.8) is 0 Å². The summed E-state index contributed by atoms with van der Waals surface area (Å²) in [6, 6.07) is 9.63. The van der Waals surface area contributed by atoms with E-state index in [1.165, 1.54) is 7.11 Å². The van der Waals surface area contributed by atoms with Gasteiger partial charge in [0.15, 0.2) is 0 Å². The first-order valence-corrected chi connectivity index (χ1v) is 6.71. The summed E-state index contributed by atoms with van der Waals surface area (Å²) in [7, 11) is 1.41. The lowest BCUT2D eigenvalue weighted by molar-refractivity contribution is -0.144. The van der Waals surface area contributed by atoms with Gasteiger partial charge in [0, 0.05) is 18.9 Å². The summed E-state index contributed by atoms with van der Waals surface area (Å²) in [5, 5.41) is 0. The molecule has 0 bridgehead atoms. The van der Waals surface area contributed by atoms with E-state index in [4.69, 9.17) is 10.5 Å². The number of rotatable bonds is 5. The first-order valence-electron chi connectivity index (χ1n) is 6.71. The van der Waals surface area contributed by atoms with Gasteiger partial charge in [0.25, 0.3) is 0 Å². The van der Waals surface area contributed by atoms with Gasteiger partial charge in [-0.05, 0) is 30.7 Å². The number of esters is 1. The van der Waals surface area contributed by atoms with Crippen LogP contribution in [0, 0.1) is 0 Å². The minimum absolute atomic E-state index is 0.283. The standard InChI is InChI=1S/C16H20N2O2/c1-20-15(19)16(14-6-3-2-4-7-14)8-12-18(13-9-16)11-5-10-17/h2-4,6-9,12-13H,5,10-11,17H2,1H3. The van der Waals surface area contributed by atoms with Gasteiger partial charge in [-0.3, -0.25) is 4.79 Å². The van der Waals surface area contributed by atoms with Crippen molar-refractivity contribution in [3.8, 4) is 0 Å². The van der Waals surface area contributed by atoms with Crippen molar-refractivity contribution in [1.82, 2.24) is 4.90 Å². The Hall–Kier alpha value is -2.07. The molecule has 0 saturated heterocycles. The molecule has 2 rings (SSSR count). The van der Waals surface area contributed by atoms with Gasteiger partial charge in [-0.2, -0.15) is 0 Å². The number of hydrogen-bond acceptors (Lipinski definition) is 4. The molecule has 0 atom stereocenters. The fourth-order valence-electron chi connectivity index (χ4n) is 2.28. The third-order valence-corrected chi connectivity index (χ3v) is 3.45. The third-order valence-electron chi connectivity index (χ3n) is 3.45. The number of nitrogens with zero attached hydrogens (tertiary/aromatic N) is 1. The third kappa shape index (κ3) is 2.75. The molecule has 2 N–H and O–H groups in total. The van der Waals surface area contributed by atoms with Crippen molar-refractivity contribution in [2.45, 2.75) is 11.8 Å². The largest absolute Gasteiger partial charge is 0.468 e. The molecule has 0 radical (unpaired) electrons. The summed E-state index contributed by atoms with van der Waals surface area (Å²) in [4.78, 5) is 14.3. The molecule has 0 aliphatic carbocycles. The van der Waals surface area contributed by atoms with Crippen LogP contribution in [0.5, 0.6) is 0 Å². The van der Waals surface area contributed by atoms with E-state index in [1.807, 2.05) is 59.8 Å². The van der Waals surface area contributed by atoms with E-state index in [2.05, 4.69) is 0 Å². The average molecular weight is 272 g/mol. The lowest BCUT2D eigenvalue weighted by Gasteiger charge is -2.30. The minimum Gasteiger partial charge on any atom is -0.468 e. The molecule has 4 heteroatoms. The van der Waals surface area contributed by atoms with Crippen LogP contribution in [0.15, 0.2) is 54.9 Å². The van der Waals surface area contributed by atoms with Crippen LogP contribution in [0.25, 0.3) is 0 Å². The van der Waals surface area contributed by atoms with Gasteiger partial charge < -0.3 is 15.4 Å². The van der Waals surface area contributed by atoms with Gasteiger partial charge >= 0.3 is 5.97 Å². The Labute approximate surface area is 119 Å². The lowest BCUT2D eigenvalue weighted by atomic mass is 9.79. The molecule has 1 heterocycles. The summed E-state index contributed by atoms with van der Waals surface area (Å²) < 4.78 is 4.98.